The minimum atomic E-state index is -0.841. The van der Waals surface area contributed by atoms with Gasteiger partial charge in [-0.15, -0.1) is 0 Å². The molecule has 1 atom stereocenters. The van der Waals surface area contributed by atoms with E-state index in [9.17, 15) is 14.4 Å². The first-order valence-electron chi connectivity index (χ1n) is 10.4. The fraction of sp³-hybridized carbons (Fsp3) is 0.455. The minimum absolute atomic E-state index is 0.0368. The molecule has 0 radical (unpaired) electrons. The van der Waals surface area contributed by atoms with E-state index in [0.717, 1.165) is 11.5 Å². The van der Waals surface area contributed by atoms with E-state index in [4.69, 9.17) is 16.2 Å². The molecule has 2 rings (SSSR count). The van der Waals surface area contributed by atoms with Crippen LogP contribution in [0.1, 0.15) is 67.6 Å². The highest BCUT2D eigenvalue weighted by Gasteiger charge is 2.36. The van der Waals surface area contributed by atoms with E-state index in [-0.39, 0.29) is 22.2 Å². The third kappa shape index (κ3) is 5.76. The molecular formula is C22H31N5O4S. The van der Waals surface area contributed by atoms with Crippen molar-refractivity contribution < 1.29 is 19.1 Å². The van der Waals surface area contributed by atoms with Gasteiger partial charge >= 0.3 is 0 Å². The number of para-hydroxylation sites is 2. The molecule has 0 saturated heterocycles. The lowest BCUT2D eigenvalue weighted by atomic mass is 10.0. The van der Waals surface area contributed by atoms with Crippen LogP contribution in [-0.4, -0.2) is 40.3 Å². The number of nitrogen functional groups attached to an aromatic ring is 1. The second-order valence-electron chi connectivity index (χ2n) is 8.26. The molecule has 0 aliphatic heterocycles. The van der Waals surface area contributed by atoms with Gasteiger partial charge in [0.15, 0.2) is 5.69 Å². The molecule has 9 nitrogen and oxygen atoms in total. The fourth-order valence-corrected chi connectivity index (χ4v) is 3.94. The normalized spacial score (nSPS) is 12.2. The molecule has 0 aliphatic rings. The predicted molar refractivity (Wildman–Crippen MR) is 126 cm³/mol. The van der Waals surface area contributed by atoms with Gasteiger partial charge in [-0.2, -0.15) is 4.37 Å². The van der Waals surface area contributed by atoms with Crippen molar-refractivity contribution in [2.24, 2.45) is 5.73 Å². The van der Waals surface area contributed by atoms with Gasteiger partial charge in [0.25, 0.3) is 11.8 Å². The number of amides is 3. The van der Waals surface area contributed by atoms with E-state index < -0.39 is 23.4 Å². The van der Waals surface area contributed by atoms with Crippen molar-refractivity contribution in [1.82, 2.24) is 9.69 Å². The molecule has 32 heavy (non-hydrogen) atoms. The number of rotatable bonds is 9. The van der Waals surface area contributed by atoms with E-state index in [0.29, 0.717) is 30.9 Å². The number of nitrogens with zero attached hydrogens (tertiary/aromatic N) is 2. The van der Waals surface area contributed by atoms with Crippen LogP contribution in [-0.2, 0) is 4.79 Å². The Kier molecular flexibility index (Phi) is 8.20. The van der Waals surface area contributed by atoms with Crippen LogP contribution in [0.5, 0.6) is 5.75 Å². The Morgan fingerprint density at radius 3 is 2.41 bits per heavy atom. The summed E-state index contributed by atoms with van der Waals surface area (Å²) in [6.07, 6.45) is 1.04. The van der Waals surface area contributed by atoms with Crippen LogP contribution in [0.2, 0.25) is 0 Å². The Balaban J connectivity index is 2.67. The highest BCUT2D eigenvalue weighted by Crippen LogP contribution is 2.34. The number of primary amides is 1. The van der Waals surface area contributed by atoms with Crippen molar-refractivity contribution in [3.63, 3.8) is 0 Å². The summed E-state index contributed by atoms with van der Waals surface area (Å²) in [7, 11) is 0. The number of ether oxygens (including phenoxy) is 1. The maximum atomic E-state index is 13.8. The number of nitrogens with one attached hydrogen (secondary N) is 1. The van der Waals surface area contributed by atoms with E-state index >= 15 is 0 Å². The van der Waals surface area contributed by atoms with Gasteiger partial charge in [-0.05, 0) is 57.8 Å². The monoisotopic (exact) mass is 461 g/mol. The molecule has 10 heteroatoms. The number of hydrogen-bond donors (Lipinski definition) is 3. The van der Waals surface area contributed by atoms with Crippen molar-refractivity contribution in [2.45, 2.75) is 59.0 Å². The molecule has 1 aromatic heterocycles. The lowest BCUT2D eigenvalue weighted by Crippen LogP contribution is -2.54. The van der Waals surface area contributed by atoms with E-state index in [2.05, 4.69) is 9.69 Å². The van der Waals surface area contributed by atoms with E-state index in [1.54, 1.807) is 24.3 Å². The molecule has 5 N–H and O–H groups in total. The SMILES string of the molecule is CCCC(C(=O)NC(C)(C)C)N(C(=O)c1snc(C(N)=O)c1N)c1ccccc1OCC. The van der Waals surface area contributed by atoms with Crippen molar-refractivity contribution in [1.29, 1.82) is 0 Å². The van der Waals surface area contributed by atoms with Gasteiger partial charge in [-0.25, -0.2) is 0 Å². The van der Waals surface area contributed by atoms with Gasteiger partial charge in [-0.3, -0.25) is 19.3 Å². The van der Waals surface area contributed by atoms with Crippen LogP contribution in [0, 0.1) is 0 Å². The largest absolute Gasteiger partial charge is 0.492 e. The summed E-state index contributed by atoms with van der Waals surface area (Å²) >= 11 is 0.776. The first-order valence-corrected chi connectivity index (χ1v) is 11.2. The molecular weight excluding hydrogens is 430 g/mol. The molecule has 1 aromatic carbocycles. The lowest BCUT2D eigenvalue weighted by molar-refractivity contribution is -0.123. The Morgan fingerprint density at radius 1 is 1.22 bits per heavy atom. The Hall–Kier alpha value is -3.14. The van der Waals surface area contributed by atoms with Crippen LogP contribution >= 0.6 is 11.5 Å². The molecule has 1 unspecified atom stereocenters. The van der Waals surface area contributed by atoms with Crippen LogP contribution < -0.4 is 26.4 Å². The molecule has 174 valence electrons. The van der Waals surface area contributed by atoms with Gasteiger partial charge in [-0.1, -0.05) is 25.5 Å². The zero-order chi connectivity index (χ0) is 24.1. The van der Waals surface area contributed by atoms with E-state index in [1.807, 2.05) is 34.6 Å². The summed E-state index contributed by atoms with van der Waals surface area (Å²) in [6, 6.07) is 6.14. The Morgan fingerprint density at radius 2 is 1.88 bits per heavy atom. The predicted octanol–water partition coefficient (Wildman–Crippen LogP) is 2.95. The third-order valence-corrected chi connectivity index (χ3v) is 5.32. The average molecular weight is 462 g/mol. The molecule has 0 aliphatic carbocycles. The highest BCUT2D eigenvalue weighted by molar-refractivity contribution is 7.09. The van der Waals surface area contributed by atoms with Crippen molar-refractivity contribution >= 4 is 40.6 Å². The van der Waals surface area contributed by atoms with Crippen LogP contribution in [0.3, 0.4) is 0 Å². The first kappa shape index (κ1) is 25.1. The summed E-state index contributed by atoms with van der Waals surface area (Å²) in [5.74, 6) is -1.24. The molecule has 0 fully saturated rings. The quantitative estimate of drug-likeness (QED) is 0.524. The first-order chi connectivity index (χ1) is 15.0. The maximum Gasteiger partial charge on any atom is 0.272 e. The summed E-state index contributed by atoms with van der Waals surface area (Å²) < 4.78 is 9.69. The van der Waals surface area contributed by atoms with E-state index in [1.165, 1.54) is 4.90 Å². The number of anilines is 2. The molecule has 0 bridgehead atoms. The highest BCUT2D eigenvalue weighted by atomic mass is 32.1. The number of nitrogens with two attached hydrogens (primary N) is 2. The van der Waals surface area contributed by atoms with Crippen molar-refractivity contribution in [2.75, 3.05) is 17.2 Å². The van der Waals surface area contributed by atoms with Crippen LogP contribution in [0.4, 0.5) is 11.4 Å². The standard InChI is InChI=1S/C22H31N5O4S/c1-6-10-14(20(29)25-22(3,4)5)27(13-11-8-9-12-15(13)31-7-2)21(30)18-16(23)17(19(24)28)26-32-18/h8-9,11-12,14H,6-7,10,23H2,1-5H3,(H2,24,28)(H,25,29). The summed E-state index contributed by atoms with van der Waals surface area (Å²) in [6.45, 7) is 9.75. The van der Waals surface area contributed by atoms with Crippen LogP contribution in [0.25, 0.3) is 0 Å². The number of carbonyl (C=O) groups excluding carboxylic acids is 3. The lowest BCUT2D eigenvalue weighted by Gasteiger charge is -2.34. The van der Waals surface area contributed by atoms with Gasteiger partial charge in [0, 0.05) is 5.54 Å². The minimum Gasteiger partial charge on any atom is -0.492 e. The summed E-state index contributed by atoms with van der Waals surface area (Å²) in [5, 5.41) is 2.96. The van der Waals surface area contributed by atoms with Crippen molar-refractivity contribution in [3.8, 4) is 5.75 Å². The average Bonchev–Trinajstić information content (AvgIpc) is 3.09. The smallest absolute Gasteiger partial charge is 0.272 e. The zero-order valence-corrected chi connectivity index (χ0v) is 19.9. The Bertz CT molecular complexity index is 983. The molecule has 0 saturated carbocycles. The fourth-order valence-electron chi connectivity index (χ4n) is 3.19. The van der Waals surface area contributed by atoms with Gasteiger partial charge in [0.2, 0.25) is 5.91 Å². The Labute approximate surface area is 192 Å². The number of hydrogen-bond acceptors (Lipinski definition) is 7. The van der Waals surface area contributed by atoms with Crippen molar-refractivity contribution in [3.05, 3.63) is 34.8 Å². The maximum absolute atomic E-state index is 13.8. The molecule has 0 spiro atoms. The molecule has 3 amide bonds. The van der Waals surface area contributed by atoms with Crippen LogP contribution in [0.15, 0.2) is 24.3 Å². The van der Waals surface area contributed by atoms with Gasteiger partial charge in [0.1, 0.15) is 16.7 Å². The topological polar surface area (TPSA) is 141 Å². The van der Waals surface area contributed by atoms with Gasteiger partial charge < -0.3 is 21.5 Å². The molecule has 1 heterocycles. The van der Waals surface area contributed by atoms with Gasteiger partial charge in [0.05, 0.1) is 18.0 Å². The third-order valence-electron chi connectivity index (χ3n) is 4.47. The number of benzene rings is 1. The molecule has 2 aromatic rings. The second kappa shape index (κ2) is 10.4. The second-order valence-corrected chi connectivity index (χ2v) is 9.03. The number of aromatic nitrogens is 1. The summed E-state index contributed by atoms with van der Waals surface area (Å²) in [4.78, 5) is 40.1. The summed E-state index contributed by atoms with van der Waals surface area (Å²) in [5.41, 5.74) is 11.0. The zero-order valence-electron chi connectivity index (χ0n) is 19.1. The number of carbonyl (C=O) groups is 3.